The fourth-order valence-corrected chi connectivity index (χ4v) is 5.26. The fourth-order valence-electron chi connectivity index (χ4n) is 2.13. The minimum Gasteiger partial charge on any atom is -0.266 e. The summed E-state index contributed by atoms with van der Waals surface area (Å²) in [6.07, 6.45) is 0.711. The van der Waals surface area contributed by atoms with Gasteiger partial charge in [0.15, 0.2) is 0 Å². The Bertz CT molecular complexity index is 949. The molecule has 8 heteroatoms. The molecule has 1 N–H and O–H groups in total. The van der Waals surface area contributed by atoms with Gasteiger partial charge in [0.1, 0.15) is 4.88 Å². The van der Waals surface area contributed by atoms with Crippen LogP contribution >= 0.6 is 61.8 Å². The van der Waals surface area contributed by atoms with Gasteiger partial charge in [0.2, 0.25) is 0 Å². The number of carbonyl (C=O) groups is 1. The highest BCUT2D eigenvalue weighted by atomic mass is 79.9. The highest BCUT2D eigenvalue weighted by molar-refractivity contribution is 9.11. The van der Waals surface area contributed by atoms with Crippen LogP contribution in [0.2, 0.25) is 10.0 Å². The van der Waals surface area contributed by atoms with E-state index < -0.39 is 0 Å². The molecule has 1 amide bonds. The van der Waals surface area contributed by atoms with E-state index in [4.69, 9.17) is 23.2 Å². The molecule has 3 aromatic rings. The lowest BCUT2D eigenvalue weighted by Gasteiger charge is -2.02. The van der Waals surface area contributed by atoms with Crippen molar-refractivity contribution in [2.45, 2.75) is 13.3 Å². The van der Waals surface area contributed by atoms with E-state index in [2.05, 4.69) is 26.5 Å². The van der Waals surface area contributed by atoms with E-state index in [9.17, 15) is 4.79 Å². The molecule has 0 aliphatic heterocycles. The van der Waals surface area contributed by atoms with Crippen molar-refractivity contribution in [3.8, 4) is 0 Å². The lowest BCUT2D eigenvalue weighted by molar-refractivity contribution is 0.0959. The minimum atomic E-state index is -0.320. The first kappa shape index (κ1) is 17.9. The van der Waals surface area contributed by atoms with Gasteiger partial charge in [-0.05, 0) is 46.6 Å². The number of fused-ring (bicyclic) bond motifs is 1. The molecule has 3 nitrogen and oxygen atoms in total. The van der Waals surface area contributed by atoms with E-state index in [0.29, 0.717) is 21.3 Å². The number of nitrogens with one attached hydrogen (secondary N) is 1. The summed E-state index contributed by atoms with van der Waals surface area (Å²) < 4.78 is 1.90. The van der Waals surface area contributed by atoms with Crippen molar-refractivity contribution < 1.29 is 4.79 Å². The summed E-state index contributed by atoms with van der Waals surface area (Å²) >= 11 is 18.6. The predicted molar refractivity (Wildman–Crippen MR) is 108 cm³/mol. The van der Waals surface area contributed by atoms with Crippen LogP contribution in [0.4, 0.5) is 0 Å². The molecule has 0 saturated heterocycles. The van der Waals surface area contributed by atoms with Gasteiger partial charge in [-0.15, -0.1) is 22.7 Å². The molecule has 0 bridgehead atoms. The fraction of sp³-hybridized carbons (Fsp3) is 0.125. The van der Waals surface area contributed by atoms with Crippen molar-refractivity contribution in [3.05, 3.63) is 53.9 Å². The third kappa shape index (κ3) is 3.68. The van der Waals surface area contributed by atoms with Crippen LogP contribution in [0.25, 0.3) is 10.1 Å². The highest BCUT2D eigenvalue weighted by Crippen LogP contribution is 2.36. The number of nitrogens with zero attached hydrogens (tertiary/aromatic N) is 1. The molecule has 0 spiro atoms. The zero-order valence-corrected chi connectivity index (χ0v) is 17.1. The van der Waals surface area contributed by atoms with E-state index in [1.54, 1.807) is 23.5 Å². The number of hydrazone groups is 1. The second kappa shape index (κ2) is 7.54. The van der Waals surface area contributed by atoms with Gasteiger partial charge in [0, 0.05) is 15.1 Å². The second-order valence-electron chi connectivity index (χ2n) is 4.84. The average molecular weight is 462 g/mol. The summed E-state index contributed by atoms with van der Waals surface area (Å²) in [5.41, 5.74) is 3.43. The Kier molecular flexibility index (Phi) is 5.62. The molecule has 1 aromatic carbocycles. The third-order valence-electron chi connectivity index (χ3n) is 3.28. The average Bonchev–Trinajstić information content (AvgIpc) is 3.12. The monoisotopic (exact) mass is 460 g/mol. The molecule has 2 aromatic heterocycles. The Balaban J connectivity index is 1.87. The highest BCUT2D eigenvalue weighted by Gasteiger charge is 2.17. The molecule has 0 atom stereocenters. The largest absolute Gasteiger partial charge is 0.283 e. The predicted octanol–water partition coefficient (Wildman–Crippen LogP) is 6.58. The maximum Gasteiger partial charge on any atom is 0.283 e. The maximum absolute atomic E-state index is 12.4. The molecule has 0 radical (unpaired) electrons. The Hall–Kier alpha value is -0.920. The van der Waals surface area contributed by atoms with Crippen molar-refractivity contribution in [2.75, 3.05) is 0 Å². The molecule has 3 rings (SSSR count). The second-order valence-corrected chi connectivity index (χ2v) is 9.17. The van der Waals surface area contributed by atoms with Crippen molar-refractivity contribution in [1.29, 1.82) is 0 Å². The first-order valence-electron chi connectivity index (χ1n) is 6.99. The van der Waals surface area contributed by atoms with E-state index in [0.717, 1.165) is 24.5 Å². The smallest absolute Gasteiger partial charge is 0.266 e. The molecule has 0 saturated carbocycles. The van der Waals surface area contributed by atoms with E-state index in [1.165, 1.54) is 11.3 Å². The van der Waals surface area contributed by atoms with Gasteiger partial charge >= 0.3 is 0 Å². The zero-order chi connectivity index (χ0) is 17.3. The third-order valence-corrected chi connectivity index (χ3v) is 6.85. The van der Waals surface area contributed by atoms with Crippen LogP contribution in [0, 0.1) is 0 Å². The summed E-state index contributed by atoms with van der Waals surface area (Å²) in [6, 6.07) is 9.30. The molecule has 124 valence electrons. The normalized spacial score (nSPS) is 11.9. The molecule has 0 fully saturated rings. The standard InChI is InChI=1S/C16H11BrCl2N2OS2/c1-2-10(11-5-6-13(17)23-11)20-21-16(22)15-14(19)9-4-3-8(18)7-12(9)24-15/h3-7H,2H2,1H3,(H,21,22). The molecule has 0 aliphatic carbocycles. The van der Waals surface area contributed by atoms with Crippen LogP contribution in [-0.4, -0.2) is 11.6 Å². The van der Waals surface area contributed by atoms with Crippen LogP contribution < -0.4 is 5.43 Å². The molecular formula is C16H11BrCl2N2OS2. The lowest BCUT2D eigenvalue weighted by Crippen LogP contribution is -2.19. The summed E-state index contributed by atoms with van der Waals surface area (Å²) in [5.74, 6) is -0.320. The number of rotatable bonds is 4. The van der Waals surface area contributed by atoms with Gasteiger partial charge in [-0.3, -0.25) is 4.79 Å². The van der Waals surface area contributed by atoms with Gasteiger partial charge in [0.25, 0.3) is 5.91 Å². The molecular weight excluding hydrogens is 451 g/mol. The number of amides is 1. The number of hydrogen-bond acceptors (Lipinski definition) is 4. The minimum absolute atomic E-state index is 0.320. The summed E-state index contributed by atoms with van der Waals surface area (Å²) in [6.45, 7) is 1.99. The van der Waals surface area contributed by atoms with E-state index in [-0.39, 0.29) is 5.91 Å². The maximum atomic E-state index is 12.4. The van der Waals surface area contributed by atoms with E-state index in [1.807, 2.05) is 25.1 Å². The van der Waals surface area contributed by atoms with Crippen molar-refractivity contribution in [2.24, 2.45) is 5.10 Å². The van der Waals surface area contributed by atoms with Gasteiger partial charge in [-0.2, -0.15) is 5.10 Å². The Morgan fingerprint density at radius 1 is 1.25 bits per heavy atom. The van der Waals surface area contributed by atoms with Gasteiger partial charge < -0.3 is 0 Å². The van der Waals surface area contributed by atoms with Gasteiger partial charge in [-0.25, -0.2) is 5.43 Å². The number of carbonyl (C=O) groups excluding carboxylic acids is 1. The van der Waals surface area contributed by atoms with Crippen LogP contribution in [0.1, 0.15) is 27.9 Å². The molecule has 2 heterocycles. The van der Waals surface area contributed by atoms with Gasteiger partial charge in [-0.1, -0.05) is 36.2 Å². The van der Waals surface area contributed by atoms with Crippen LogP contribution in [0.15, 0.2) is 39.2 Å². The van der Waals surface area contributed by atoms with Crippen molar-refractivity contribution >= 4 is 83.5 Å². The van der Waals surface area contributed by atoms with E-state index >= 15 is 0 Å². The summed E-state index contributed by atoms with van der Waals surface area (Å²) in [4.78, 5) is 13.9. The van der Waals surface area contributed by atoms with Crippen LogP contribution in [0.5, 0.6) is 0 Å². The molecule has 0 aliphatic rings. The number of halogens is 3. The van der Waals surface area contributed by atoms with Crippen molar-refractivity contribution in [3.63, 3.8) is 0 Å². The first-order valence-corrected chi connectivity index (χ1v) is 10.2. The van der Waals surface area contributed by atoms with Crippen LogP contribution in [0.3, 0.4) is 0 Å². The number of hydrogen-bond donors (Lipinski definition) is 1. The Morgan fingerprint density at radius 2 is 2.04 bits per heavy atom. The number of benzene rings is 1. The Morgan fingerprint density at radius 3 is 2.71 bits per heavy atom. The topological polar surface area (TPSA) is 41.5 Å². The number of thiophene rings is 2. The van der Waals surface area contributed by atoms with Crippen LogP contribution in [-0.2, 0) is 0 Å². The van der Waals surface area contributed by atoms with Crippen molar-refractivity contribution in [1.82, 2.24) is 5.43 Å². The zero-order valence-electron chi connectivity index (χ0n) is 12.4. The SMILES string of the molecule is CCC(=NNC(=O)c1sc2cc(Cl)ccc2c1Cl)c1ccc(Br)s1. The van der Waals surface area contributed by atoms with Gasteiger partial charge in [0.05, 0.1) is 19.4 Å². The lowest BCUT2D eigenvalue weighted by atomic mass is 10.2. The summed E-state index contributed by atoms with van der Waals surface area (Å²) in [5, 5.41) is 6.12. The first-order chi connectivity index (χ1) is 11.5. The molecule has 24 heavy (non-hydrogen) atoms. The summed E-state index contributed by atoms with van der Waals surface area (Å²) in [7, 11) is 0. The quantitative estimate of drug-likeness (QED) is 0.346. The Labute approximate surface area is 165 Å². The molecule has 0 unspecified atom stereocenters.